The maximum atomic E-state index is 5.86. The Morgan fingerprint density at radius 1 is 1.00 bits per heavy atom. The van der Waals surface area contributed by atoms with Gasteiger partial charge < -0.3 is 10.1 Å². The van der Waals surface area contributed by atoms with Gasteiger partial charge in [0, 0.05) is 15.5 Å². The van der Waals surface area contributed by atoms with Crippen LogP contribution in [0.3, 0.4) is 0 Å². The Labute approximate surface area is 137 Å². The fraction of sp³-hybridized carbons (Fsp3) is 0.143. The zero-order valence-electron chi connectivity index (χ0n) is 10.2. The van der Waals surface area contributed by atoms with Gasteiger partial charge in [0.05, 0.1) is 4.47 Å². The highest BCUT2D eigenvalue weighted by Crippen LogP contribution is 2.33. The minimum Gasteiger partial charge on any atom is -0.456 e. The Morgan fingerprint density at radius 2 is 1.79 bits per heavy atom. The number of hydrogen-bond donors (Lipinski definition) is 1. The van der Waals surface area contributed by atoms with Crippen molar-refractivity contribution in [3.8, 4) is 11.5 Å². The van der Waals surface area contributed by atoms with Gasteiger partial charge in [-0.2, -0.15) is 0 Å². The quantitative estimate of drug-likeness (QED) is 0.666. The number of benzene rings is 2. The molecule has 1 N–H and O–H groups in total. The second-order valence-corrected chi connectivity index (χ2v) is 6.58. The van der Waals surface area contributed by atoms with Gasteiger partial charge in [-0.1, -0.05) is 37.9 Å². The van der Waals surface area contributed by atoms with Crippen molar-refractivity contribution in [2.75, 3.05) is 7.05 Å². The number of ether oxygens (including phenoxy) is 1. The van der Waals surface area contributed by atoms with Gasteiger partial charge in [-0.05, 0) is 58.9 Å². The normalized spacial score (nSPS) is 10.5. The Kier molecular flexibility index (Phi) is 5.45. The van der Waals surface area contributed by atoms with Crippen molar-refractivity contribution in [2.45, 2.75) is 6.54 Å². The molecule has 0 aliphatic rings. The molecule has 2 nitrogen and oxygen atoms in total. The average Bonchev–Trinajstić information content (AvgIpc) is 2.36. The molecular formula is C14H12Br3NO. The smallest absolute Gasteiger partial charge is 0.141 e. The summed E-state index contributed by atoms with van der Waals surface area (Å²) in [6.07, 6.45) is 0. The third kappa shape index (κ3) is 4.05. The van der Waals surface area contributed by atoms with Gasteiger partial charge in [-0.25, -0.2) is 0 Å². The van der Waals surface area contributed by atoms with Crippen molar-refractivity contribution < 1.29 is 4.74 Å². The number of nitrogens with one attached hydrogen (secondary N) is 1. The van der Waals surface area contributed by atoms with Crippen molar-refractivity contribution in [3.05, 3.63) is 55.4 Å². The van der Waals surface area contributed by atoms with Crippen LogP contribution >= 0.6 is 47.8 Å². The lowest BCUT2D eigenvalue weighted by molar-refractivity contribution is 0.479. The largest absolute Gasteiger partial charge is 0.456 e. The van der Waals surface area contributed by atoms with E-state index in [9.17, 15) is 0 Å². The molecule has 0 bridgehead atoms. The standard InChI is InChI=1S/C14H12Br3NO/c1-18-8-9-2-4-11(7-12(9)16)19-14-5-3-10(15)6-13(14)17/h2-7,18H,8H2,1H3. The van der Waals surface area contributed by atoms with Crippen molar-refractivity contribution in [3.63, 3.8) is 0 Å². The lowest BCUT2D eigenvalue weighted by Gasteiger charge is -2.10. The molecule has 5 heteroatoms. The number of hydrogen-bond acceptors (Lipinski definition) is 2. The molecule has 100 valence electrons. The first-order chi connectivity index (χ1) is 9.10. The maximum absolute atomic E-state index is 5.86. The van der Waals surface area contributed by atoms with Crippen LogP contribution in [0.4, 0.5) is 0 Å². The molecule has 0 aliphatic heterocycles. The van der Waals surface area contributed by atoms with Gasteiger partial charge in [-0.3, -0.25) is 0 Å². The van der Waals surface area contributed by atoms with Gasteiger partial charge in [0.15, 0.2) is 0 Å². The van der Waals surface area contributed by atoms with Crippen LogP contribution < -0.4 is 10.1 Å². The van der Waals surface area contributed by atoms with E-state index in [1.165, 1.54) is 5.56 Å². The van der Waals surface area contributed by atoms with Crippen LogP contribution in [0.15, 0.2) is 49.8 Å². The third-order valence-electron chi connectivity index (χ3n) is 2.51. The van der Waals surface area contributed by atoms with Gasteiger partial charge >= 0.3 is 0 Å². The molecule has 2 aromatic carbocycles. The molecule has 0 unspecified atom stereocenters. The Morgan fingerprint density at radius 3 is 2.42 bits per heavy atom. The lowest BCUT2D eigenvalue weighted by atomic mass is 10.2. The maximum Gasteiger partial charge on any atom is 0.141 e. The second-order valence-electron chi connectivity index (χ2n) is 3.96. The minimum atomic E-state index is 0.788. The number of halogens is 3. The predicted octanol–water partition coefficient (Wildman–Crippen LogP) is 5.49. The van der Waals surface area contributed by atoms with Gasteiger partial charge in [-0.15, -0.1) is 0 Å². The van der Waals surface area contributed by atoms with Crippen LogP contribution in [0.1, 0.15) is 5.56 Å². The summed E-state index contributed by atoms with van der Waals surface area (Å²) in [6.45, 7) is 0.822. The van der Waals surface area contributed by atoms with E-state index < -0.39 is 0 Å². The Bertz CT molecular complexity index is 587. The Hall–Kier alpha value is -0.360. The molecule has 2 aromatic rings. The molecule has 0 atom stereocenters. The third-order valence-corrected chi connectivity index (χ3v) is 4.36. The van der Waals surface area contributed by atoms with E-state index in [1.807, 2.05) is 43.4 Å². The highest BCUT2D eigenvalue weighted by Gasteiger charge is 2.06. The minimum absolute atomic E-state index is 0.788. The van der Waals surface area contributed by atoms with E-state index in [1.54, 1.807) is 0 Å². The van der Waals surface area contributed by atoms with Crippen LogP contribution in [0.2, 0.25) is 0 Å². The van der Waals surface area contributed by atoms with Gasteiger partial charge in [0.1, 0.15) is 11.5 Å². The summed E-state index contributed by atoms with van der Waals surface area (Å²) in [5.41, 5.74) is 1.20. The summed E-state index contributed by atoms with van der Waals surface area (Å²) >= 11 is 10.5. The van der Waals surface area contributed by atoms with E-state index in [2.05, 4.69) is 53.1 Å². The highest BCUT2D eigenvalue weighted by atomic mass is 79.9. The molecule has 0 aromatic heterocycles. The first kappa shape index (κ1) is 15.0. The molecule has 0 radical (unpaired) electrons. The second kappa shape index (κ2) is 6.88. The highest BCUT2D eigenvalue weighted by molar-refractivity contribution is 9.11. The van der Waals surface area contributed by atoms with E-state index in [4.69, 9.17) is 4.74 Å². The fourth-order valence-electron chi connectivity index (χ4n) is 1.61. The van der Waals surface area contributed by atoms with Crippen LogP contribution in [0.25, 0.3) is 0 Å². The van der Waals surface area contributed by atoms with Gasteiger partial charge in [0.2, 0.25) is 0 Å². The Balaban J connectivity index is 2.21. The lowest BCUT2D eigenvalue weighted by Crippen LogP contribution is -2.05. The molecule has 2 rings (SSSR count). The summed E-state index contributed by atoms with van der Waals surface area (Å²) in [4.78, 5) is 0. The van der Waals surface area contributed by atoms with E-state index in [-0.39, 0.29) is 0 Å². The van der Waals surface area contributed by atoms with E-state index in [0.29, 0.717) is 0 Å². The average molecular weight is 450 g/mol. The van der Waals surface area contributed by atoms with E-state index in [0.717, 1.165) is 31.5 Å². The predicted molar refractivity (Wildman–Crippen MR) is 88.8 cm³/mol. The summed E-state index contributed by atoms with van der Waals surface area (Å²) in [5.74, 6) is 1.59. The van der Waals surface area contributed by atoms with Crippen LogP contribution in [-0.2, 0) is 6.54 Å². The molecule has 0 amide bonds. The molecule has 0 saturated carbocycles. The summed E-state index contributed by atoms with van der Waals surface area (Å²) in [6, 6.07) is 11.8. The van der Waals surface area contributed by atoms with Crippen LogP contribution in [0.5, 0.6) is 11.5 Å². The molecule has 0 fully saturated rings. The zero-order chi connectivity index (χ0) is 13.8. The number of rotatable bonds is 4. The molecule has 0 saturated heterocycles. The summed E-state index contributed by atoms with van der Waals surface area (Å²) in [5, 5.41) is 3.13. The van der Waals surface area contributed by atoms with E-state index >= 15 is 0 Å². The molecule has 19 heavy (non-hydrogen) atoms. The first-order valence-electron chi connectivity index (χ1n) is 5.66. The zero-order valence-corrected chi connectivity index (χ0v) is 15.0. The summed E-state index contributed by atoms with van der Waals surface area (Å²) in [7, 11) is 1.93. The molecule has 0 heterocycles. The van der Waals surface area contributed by atoms with Crippen molar-refractivity contribution in [2.24, 2.45) is 0 Å². The SMILES string of the molecule is CNCc1ccc(Oc2ccc(Br)cc2Br)cc1Br. The van der Waals surface area contributed by atoms with Crippen LogP contribution in [0, 0.1) is 0 Å². The monoisotopic (exact) mass is 447 g/mol. The van der Waals surface area contributed by atoms with Crippen molar-refractivity contribution in [1.82, 2.24) is 5.32 Å². The van der Waals surface area contributed by atoms with Gasteiger partial charge in [0.25, 0.3) is 0 Å². The van der Waals surface area contributed by atoms with Crippen LogP contribution in [-0.4, -0.2) is 7.05 Å². The topological polar surface area (TPSA) is 21.3 Å². The first-order valence-corrected chi connectivity index (χ1v) is 8.04. The molecule has 0 aliphatic carbocycles. The fourth-order valence-corrected chi connectivity index (χ4v) is 3.24. The summed E-state index contributed by atoms with van der Waals surface area (Å²) < 4.78 is 8.82. The molecule has 0 spiro atoms. The van der Waals surface area contributed by atoms with Crippen molar-refractivity contribution >= 4 is 47.8 Å². The molecular weight excluding hydrogens is 438 g/mol. The van der Waals surface area contributed by atoms with Crippen molar-refractivity contribution in [1.29, 1.82) is 0 Å².